The van der Waals surface area contributed by atoms with Crippen LogP contribution < -0.4 is 5.32 Å². The van der Waals surface area contributed by atoms with Crippen LogP contribution in [0.15, 0.2) is 24.3 Å². The molecule has 5 nitrogen and oxygen atoms in total. The maximum atomic E-state index is 13.5. The predicted octanol–water partition coefficient (Wildman–Crippen LogP) is 2.01. The van der Waals surface area contributed by atoms with Gasteiger partial charge in [0.2, 0.25) is 0 Å². The van der Waals surface area contributed by atoms with Gasteiger partial charge in [-0.3, -0.25) is 9.59 Å². The minimum absolute atomic E-state index is 0.257. The van der Waals surface area contributed by atoms with Crippen LogP contribution in [0.3, 0.4) is 0 Å². The van der Waals surface area contributed by atoms with Crippen LogP contribution in [0.25, 0.3) is 0 Å². The summed E-state index contributed by atoms with van der Waals surface area (Å²) in [5, 5.41) is 11.3. The van der Waals surface area contributed by atoms with Gasteiger partial charge in [0.05, 0.1) is 5.56 Å². The molecule has 0 aliphatic heterocycles. The number of nitrogens with one attached hydrogen (secondary N) is 1. The summed E-state index contributed by atoms with van der Waals surface area (Å²) >= 11 is 0. The summed E-state index contributed by atoms with van der Waals surface area (Å²) in [7, 11) is 0. The molecule has 0 heterocycles. The number of hydrogen-bond donors (Lipinski definition) is 2. The molecular formula is C15H18FNO4. The lowest BCUT2D eigenvalue weighted by atomic mass is 9.87. The van der Waals surface area contributed by atoms with Crippen molar-refractivity contribution in [1.29, 1.82) is 0 Å². The fourth-order valence-electron chi connectivity index (χ4n) is 1.57. The zero-order valence-electron chi connectivity index (χ0n) is 12.1. The number of rotatable bonds is 5. The molecule has 0 aromatic heterocycles. The Kier molecular flexibility index (Phi) is 5.18. The van der Waals surface area contributed by atoms with E-state index in [-0.39, 0.29) is 17.8 Å². The number of carboxylic acid groups (broad SMARTS) is 1. The van der Waals surface area contributed by atoms with E-state index in [0.29, 0.717) is 0 Å². The first kappa shape index (κ1) is 16.8. The van der Waals surface area contributed by atoms with E-state index >= 15 is 0 Å². The topological polar surface area (TPSA) is 83.5 Å². The minimum atomic E-state index is -1.39. The molecule has 1 rings (SSSR count). The molecule has 1 unspecified atom stereocenters. The van der Waals surface area contributed by atoms with E-state index in [1.807, 2.05) is 0 Å². The first-order valence-electron chi connectivity index (χ1n) is 6.44. The molecule has 0 bridgehead atoms. The van der Waals surface area contributed by atoms with Crippen molar-refractivity contribution in [2.45, 2.75) is 33.2 Å². The quantitative estimate of drug-likeness (QED) is 0.870. The van der Waals surface area contributed by atoms with Gasteiger partial charge in [0.25, 0.3) is 5.91 Å². The van der Waals surface area contributed by atoms with E-state index in [0.717, 1.165) is 6.07 Å². The van der Waals surface area contributed by atoms with Crippen LogP contribution >= 0.6 is 0 Å². The maximum absolute atomic E-state index is 13.5. The number of carboxylic acids is 1. The third-order valence-corrected chi connectivity index (χ3v) is 2.95. The van der Waals surface area contributed by atoms with Gasteiger partial charge in [-0.15, -0.1) is 0 Å². The predicted molar refractivity (Wildman–Crippen MR) is 74.4 cm³/mol. The summed E-state index contributed by atoms with van der Waals surface area (Å²) in [4.78, 5) is 34.9. The largest absolute Gasteiger partial charge is 0.480 e. The highest BCUT2D eigenvalue weighted by Gasteiger charge is 2.29. The Bertz CT molecular complexity index is 563. The Hall–Kier alpha value is -2.24. The molecule has 21 heavy (non-hydrogen) atoms. The van der Waals surface area contributed by atoms with E-state index in [4.69, 9.17) is 5.11 Å². The first-order chi connectivity index (χ1) is 9.62. The zero-order chi connectivity index (χ0) is 16.2. The van der Waals surface area contributed by atoms with E-state index in [9.17, 15) is 18.8 Å². The van der Waals surface area contributed by atoms with Gasteiger partial charge in [-0.25, -0.2) is 9.18 Å². The van der Waals surface area contributed by atoms with Crippen molar-refractivity contribution < 1.29 is 23.9 Å². The van der Waals surface area contributed by atoms with Gasteiger partial charge in [0, 0.05) is 11.8 Å². The van der Waals surface area contributed by atoms with E-state index in [1.54, 1.807) is 20.8 Å². The van der Waals surface area contributed by atoms with Crippen molar-refractivity contribution in [2.24, 2.45) is 5.41 Å². The van der Waals surface area contributed by atoms with Crippen molar-refractivity contribution in [3.63, 3.8) is 0 Å². The Morgan fingerprint density at radius 2 is 1.81 bits per heavy atom. The van der Waals surface area contributed by atoms with Gasteiger partial charge < -0.3 is 10.4 Å². The molecule has 1 aromatic rings. The normalized spacial score (nSPS) is 12.6. The SMILES string of the molecule is CC(C)(C)C(=O)CC(NC(=O)c1ccccc1F)C(=O)O. The lowest BCUT2D eigenvalue weighted by Gasteiger charge is -2.20. The van der Waals surface area contributed by atoms with Gasteiger partial charge in [-0.1, -0.05) is 32.9 Å². The van der Waals surface area contributed by atoms with Gasteiger partial charge >= 0.3 is 5.97 Å². The lowest BCUT2D eigenvalue weighted by Crippen LogP contribution is -2.44. The van der Waals surface area contributed by atoms with Gasteiger partial charge in [-0.2, -0.15) is 0 Å². The fourth-order valence-corrected chi connectivity index (χ4v) is 1.57. The van der Waals surface area contributed by atoms with Crippen molar-refractivity contribution >= 4 is 17.7 Å². The molecule has 0 fully saturated rings. The monoisotopic (exact) mass is 295 g/mol. The Labute approximate surface area is 122 Å². The molecule has 0 radical (unpaired) electrons. The second-order valence-electron chi connectivity index (χ2n) is 5.72. The molecule has 2 N–H and O–H groups in total. The van der Waals surface area contributed by atoms with E-state index in [2.05, 4.69) is 5.32 Å². The molecule has 6 heteroatoms. The third-order valence-electron chi connectivity index (χ3n) is 2.95. The number of carbonyl (C=O) groups is 3. The second-order valence-corrected chi connectivity index (χ2v) is 5.72. The van der Waals surface area contributed by atoms with E-state index in [1.165, 1.54) is 18.2 Å². The van der Waals surface area contributed by atoms with Gasteiger partial charge in [-0.05, 0) is 12.1 Å². The highest BCUT2D eigenvalue weighted by molar-refractivity contribution is 5.98. The van der Waals surface area contributed by atoms with E-state index < -0.39 is 29.2 Å². The van der Waals surface area contributed by atoms with Crippen LogP contribution in [0.1, 0.15) is 37.6 Å². The molecule has 1 atom stereocenters. The molecular weight excluding hydrogens is 277 g/mol. The summed E-state index contributed by atoms with van der Waals surface area (Å²) in [6, 6.07) is 3.85. The summed E-state index contributed by atoms with van der Waals surface area (Å²) in [5.74, 6) is -3.25. The molecule has 0 aliphatic rings. The lowest BCUT2D eigenvalue weighted by molar-refractivity contribution is -0.142. The van der Waals surface area contributed by atoms with Crippen molar-refractivity contribution in [3.05, 3.63) is 35.6 Å². The number of aliphatic carboxylic acids is 1. The zero-order valence-corrected chi connectivity index (χ0v) is 12.1. The van der Waals surface area contributed by atoms with Crippen LogP contribution in [-0.4, -0.2) is 28.8 Å². The minimum Gasteiger partial charge on any atom is -0.480 e. The molecule has 0 spiro atoms. The van der Waals surface area contributed by atoms with Crippen LogP contribution in [0.4, 0.5) is 4.39 Å². The number of amides is 1. The molecule has 0 saturated heterocycles. The number of halogens is 1. The Balaban J connectivity index is 2.85. The average Bonchev–Trinajstić information content (AvgIpc) is 2.36. The second kappa shape index (κ2) is 6.47. The molecule has 1 aromatic carbocycles. The van der Waals surface area contributed by atoms with Crippen LogP contribution in [0.2, 0.25) is 0 Å². The van der Waals surface area contributed by atoms with Crippen molar-refractivity contribution in [3.8, 4) is 0 Å². The number of ketones is 1. The van der Waals surface area contributed by atoms with Crippen LogP contribution in [-0.2, 0) is 9.59 Å². The molecule has 0 saturated carbocycles. The fraction of sp³-hybridized carbons (Fsp3) is 0.400. The molecule has 1 amide bonds. The maximum Gasteiger partial charge on any atom is 0.326 e. The highest BCUT2D eigenvalue weighted by Crippen LogP contribution is 2.18. The first-order valence-corrected chi connectivity index (χ1v) is 6.44. The Morgan fingerprint density at radius 1 is 1.24 bits per heavy atom. The molecule has 114 valence electrons. The van der Waals surface area contributed by atoms with Gasteiger partial charge in [0.1, 0.15) is 17.6 Å². The smallest absolute Gasteiger partial charge is 0.326 e. The number of carbonyl (C=O) groups excluding carboxylic acids is 2. The number of Topliss-reactive ketones (excluding diaryl/α,β-unsaturated/α-hetero) is 1. The summed E-state index contributed by atoms with van der Waals surface area (Å²) in [6.45, 7) is 4.98. The average molecular weight is 295 g/mol. The third kappa shape index (κ3) is 4.66. The van der Waals surface area contributed by atoms with Crippen molar-refractivity contribution in [2.75, 3.05) is 0 Å². The van der Waals surface area contributed by atoms with Gasteiger partial charge in [0.15, 0.2) is 0 Å². The molecule has 0 aliphatic carbocycles. The number of benzene rings is 1. The van der Waals surface area contributed by atoms with Crippen molar-refractivity contribution in [1.82, 2.24) is 5.32 Å². The summed E-state index contributed by atoms with van der Waals surface area (Å²) < 4.78 is 13.5. The van der Waals surface area contributed by atoms with Crippen LogP contribution in [0.5, 0.6) is 0 Å². The highest BCUT2D eigenvalue weighted by atomic mass is 19.1. The Morgan fingerprint density at radius 3 is 2.29 bits per heavy atom. The summed E-state index contributed by atoms with van der Waals surface area (Å²) in [5.41, 5.74) is -0.969. The van der Waals surface area contributed by atoms with Crippen LogP contribution in [0, 0.1) is 11.2 Å². The summed E-state index contributed by atoms with van der Waals surface area (Å²) in [6.07, 6.45) is -0.348. The number of hydrogen-bond acceptors (Lipinski definition) is 3. The standard InChI is InChI=1S/C15H18FNO4/c1-15(2,3)12(18)8-11(14(20)21)17-13(19)9-6-4-5-7-10(9)16/h4-7,11H,8H2,1-3H3,(H,17,19)(H,20,21).